The van der Waals surface area contributed by atoms with Crippen LogP contribution in [0.5, 0.6) is 17.4 Å². The first-order valence-electron chi connectivity index (χ1n) is 13.2. The Bertz CT molecular complexity index is 1190. The van der Waals surface area contributed by atoms with Gasteiger partial charge in [0.1, 0.15) is 17.2 Å². The largest absolute Gasteiger partial charge is 0.496 e. The number of anilines is 1. The molecule has 1 unspecified atom stereocenters. The first-order valence-corrected chi connectivity index (χ1v) is 13.2. The highest BCUT2D eigenvalue weighted by Crippen LogP contribution is 2.44. The summed E-state index contributed by atoms with van der Waals surface area (Å²) in [5, 5.41) is 4.97. The summed E-state index contributed by atoms with van der Waals surface area (Å²) in [6, 6.07) is 10.3. The van der Waals surface area contributed by atoms with Crippen molar-refractivity contribution in [3.63, 3.8) is 0 Å². The van der Waals surface area contributed by atoms with E-state index in [2.05, 4.69) is 17.0 Å². The molecule has 3 aromatic rings. The van der Waals surface area contributed by atoms with Gasteiger partial charge in [0.15, 0.2) is 0 Å². The van der Waals surface area contributed by atoms with Crippen LogP contribution in [0.1, 0.15) is 44.3 Å². The monoisotopic (exact) mass is 509 g/mol. The second-order valence-corrected chi connectivity index (χ2v) is 10.1. The van der Waals surface area contributed by atoms with Gasteiger partial charge < -0.3 is 28.6 Å². The van der Waals surface area contributed by atoms with Gasteiger partial charge in [0, 0.05) is 33.4 Å². The van der Waals surface area contributed by atoms with Gasteiger partial charge in [0.2, 0.25) is 0 Å². The summed E-state index contributed by atoms with van der Waals surface area (Å²) in [5.41, 5.74) is 4.78. The Morgan fingerprint density at radius 3 is 2.16 bits per heavy atom. The number of hydrogen-bond acceptors (Lipinski definition) is 7. The average Bonchev–Trinajstić information content (AvgIpc) is 3.68. The van der Waals surface area contributed by atoms with Crippen molar-refractivity contribution in [1.82, 2.24) is 9.61 Å². The van der Waals surface area contributed by atoms with Gasteiger partial charge in [-0.1, -0.05) is 6.07 Å². The zero-order valence-electron chi connectivity index (χ0n) is 22.7. The number of rotatable bonds is 11. The molecule has 5 rings (SSSR count). The van der Waals surface area contributed by atoms with E-state index >= 15 is 0 Å². The van der Waals surface area contributed by atoms with Crippen LogP contribution in [-0.2, 0) is 9.47 Å². The molecule has 0 radical (unpaired) electrons. The lowest BCUT2D eigenvalue weighted by Crippen LogP contribution is -2.34. The highest BCUT2D eigenvalue weighted by Gasteiger charge is 2.31. The Kier molecular flexibility index (Phi) is 7.76. The molecule has 3 heterocycles. The summed E-state index contributed by atoms with van der Waals surface area (Å²) < 4.78 is 30.8. The van der Waals surface area contributed by atoms with Crippen molar-refractivity contribution in [3.8, 4) is 28.6 Å². The number of ether oxygens (including phenoxy) is 5. The Labute approximate surface area is 219 Å². The number of aromatic nitrogens is 2. The lowest BCUT2D eigenvalue weighted by Gasteiger charge is -2.31. The van der Waals surface area contributed by atoms with Crippen molar-refractivity contribution in [2.75, 3.05) is 59.6 Å². The van der Waals surface area contributed by atoms with Crippen LogP contribution >= 0.6 is 0 Å². The summed E-state index contributed by atoms with van der Waals surface area (Å²) in [6.45, 7) is 5.70. The maximum atomic E-state index is 5.89. The van der Waals surface area contributed by atoms with Gasteiger partial charge in [0.05, 0.1) is 44.2 Å². The molecule has 8 nitrogen and oxygen atoms in total. The highest BCUT2D eigenvalue weighted by atomic mass is 16.5. The summed E-state index contributed by atoms with van der Waals surface area (Å²) >= 11 is 0. The standard InChI is InChI=1S/C29H39N3O5/c1-19(33-2)22-15-25(34-3)27(26(16-22)35-4)23-7-6-8-24-28(29(36-5)30-32(23)24)31(17-20-9-10-20)18-21-11-13-37-14-12-21/h6-8,15-16,19-21H,9-14,17-18H2,1-5H3. The van der Waals surface area contributed by atoms with E-state index in [4.69, 9.17) is 28.8 Å². The minimum Gasteiger partial charge on any atom is -0.496 e. The van der Waals surface area contributed by atoms with E-state index in [-0.39, 0.29) is 6.10 Å². The Hall–Kier alpha value is -2.97. The van der Waals surface area contributed by atoms with Crippen molar-refractivity contribution in [2.45, 2.75) is 38.7 Å². The quantitative estimate of drug-likeness (QED) is 0.344. The third-order valence-corrected chi connectivity index (χ3v) is 7.71. The van der Waals surface area contributed by atoms with Crippen LogP contribution in [0.25, 0.3) is 16.8 Å². The number of benzene rings is 1. The fourth-order valence-electron chi connectivity index (χ4n) is 5.33. The summed E-state index contributed by atoms with van der Waals surface area (Å²) in [4.78, 5) is 2.51. The molecule has 1 aliphatic heterocycles. The molecule has 37 heavy (non-hydrogen) atoms. The molecule has 2 aliphatic rings. The molecule has 1 saturated carbocycles. The first kappa shape index (κ1) is 25.7. The van der Waals surface area contributed by atoms with Crippen LogP contribution in [0.15, 0.2) is 30.3 Å². The summed E-state index contributed by atoms with van der Waals surface area (Å²) in [5.74, 6) is 3.39. The molecular formula is C29H39N3O5. The van der Waals surface area contributed by atoms with Crippen LogP contribution < -0.4 is 19.1 Å². The molecule has 2 aromatic heterocycles. The van der Waals surface area contributed by atoms with E-state index in [9.17, 15) is 0 Å². The third kappa shape index (κ3) is 5.22. The smallest absolute Gasteiger partial charge is 0.257 e. The van der Waals surface area contributed by atoms with E-state index in [1.807, 2.05) is 29.6 Å². The summed E-state index contributed by atoms with van der Waals surface area (Å²) in [7, 11) is 6.76. The lowest BCUT2D eigenvalue weighted by atomic mass is 9.99. The molecule has 0 amide bonds. The zero-order chi connectivity index (χ0) is 25.9. The van der Waals surface area contributed by atoms with Gasteiger partial charge >= 0.3 is 0 Å². The SMILES string of the molecule is COc1cc(C(C)OC)cc(OC)c1-c1cccc2c(N(CC3CCOCC3)CC3CC3)c(OC)nn12. The average molecular weight is 510 g/mol. The Morgan fingerprint density at radius 2 is 1.59 bits per heavy atom. The number of methoxy groups -OCH3 is 4. The van der Waals surface area contributed by atoms with Crippen molar-refractivity contribution in [2.24, 2.45) is 11.8 Å². The maximum absolute atomic E-state index is 5.89. The molecule has 2 fully saturated rings. The number of nitrogens with zero attached hydrogens (tertiary/aromatic N) is 3. The van der Waals surface area contributed by atoms with Crippen molar-refractivity contribution in [1.29, 1.82) is 0 Å². The molecule has 0 N–H and O–H groups in total. The van der Waals surface area contributed by atoms with Crippen LogP contribution in [0.2, 0.25) is 0 Å². The van der Waals surface area contributed by atoms with E-state index in [0.717, 1.165) is 73.1 Å². The van der Waals surface area contributed by atoms with Gasteiger partial charge in [-0.05, 0) is 74.3 Å². The van der Waals surface area contributed by atoms with Crippen LogP contribution in [-0.4, -0.2) is 64.4 Å². The molecular weight excluding hydrogens is 470 g/mol. The third-order valence-electron chi connectivity index (χ3n) is 7.71. The van der Waals surface area contributed by atoms with E-state index in [1.165, 1.54) is 12.8 Å². The van der Waals surface area contributed by atoms with Gasteiger partial charge in [-0.15, -0.1) is 5.10 Å². The molecule has 200 valence electrons. The predicted molar refractivity (Wildman–Crippen MR) is 144 cm³/mol. The molecule has 0 spiro atoms. The topological polar surface area (TPSA) is 66.7 Å². The van der Waals surface area contributed by atoms with Crippen molar-refractivity contribution >= 4 is 11.2 Å². The molecule has 1 atom stereocenters. The number of hydrogen-bond donors (Lipinski definition) is 0. The van der Waals surface area contributed by atoms with Crippen LogP contribution in [0, 0.1) is 11.8 Å². The normalized spacial score (nSPS) is 17.1. The lowest BCUT2D eigenvalue weighted by molar-refractivity contribution is 0.0681. The highest BCUT2D eigenvalue weighted by molar-refractivity contribution is 5.84. The molecule has 1 aliphatic carbocycles. The maximum Gasteiger partial charge on any atom is 0.257 e. The zero-order valence-corrected chi connectivity index (χ0v) is 22.7. The molecule has 0 bridgehead atoms. The van der Waals surface area contributed by atoms with E-state index in [1.54, 1.807) is 28.4 Å². The predicted octanol–water partition coefficient (Wildman–Crippen LogP) is 5.38. The van der Waals surface area contributed by atoms with Crippen LogP contribution in [0.4, 0.5) is 5.69 Å². The fraction of sp³-hybridized carbons (Fsp3) is 0.552. The number of pyridine rings is 1. The molecule has 1 saturated heterocycles. The molecule has 1 aromatic carbocycles. The minimum atomic E-state index is -0.0924. The van der Waals surface area contributed by atoms with Crippen molar-refractivity contribution in [3.05, 3.63) is 35.9 Å². The van der Waals surface area contributed by atoms with Gasteiger partial charge in [-0.25, -0.2) is 4.52 Å². The first-order chi connectivity index (χ1) is 18.1. The second kappa shape index (κ2) is 11.2. The Morgan fingerprint density at radius 1 is 0.946 bits per heavy atom. The van der Waals surface area contributed by atoms with Gasteiger partial charge in [-0.2, -0.15) is 0 Å². The van der Waals surface area contributed by atoms with Gasteiger partial charge in [0.25, 0.3) is 5.88 Å². The van der Waals surface area contributed by atoms with E-state index in [0.29, 0.717) is 23.3 Å². The molecule has 8 heteroatoms. The summed E-state index contributed by atoms with van der Waals surface area (Å²) in [6.07, 6.45) is 4.67. The fourth-order valence-corrected chi connectivity index (χ4v) is 5.33. The van der Waals surface area contributed by atoms with Crippen LogP contribution in [0.3, 0.4) is 0 Å². The van der Waals surface area contributed by atoms with E-state index < -0.39 is 0 Å². The number of fused-ring (bicyclic) bond motifs is 1. The van der Waals surface area contributed by atoms with Crippen molar-refractivity contribution < 1.29 is 23.7 Å². The van der Waals surface area contributed by atoms with Gasteiger partial charge in [-0.3, -0.25) is 0 Å². The Balaban J connectivity index is 1.63. The minimum absolute atomic E-state index is 0.0924. The second-order valence-electron chi connectivity index (χ2n) is 10.1.